The average Bonchev–Trinajstić information content (AvgIpc) is 2.79. The van der Waals surface area contributed by atoms with Crippen LogP contribution in [-0.4, -0.2) is 15.0 Å². The van der Waals surface area contributed by atoms with Crippen LogP contribution in [0.2, 0.25) is 0 Å². The van der Waals surface area contributed by atoms with Crippen molar-refractivity contribution in [3.63, 3.8) is 0 Å². The summed E-state index contributed by atoms with van der Waals surface area (Å²) in [4.78, 5) is 37.7. The maximum Gasteiger partial charge on any atom is 0.331 e. The molecule has 0 saturated heterocycles. The monoisotopic (exact) mass is 417 g/mol. The fourth-order valence-corrected chi connectivity index (χ4v) is 4.14. The molecule has 1 N–H and O–H groups in total. The Morgan fingerprint density at radius 1 is 1.00 bits per heavy atom. The number of nitrogens with zero attached hydrogens (tertiary/aromatic N) is 2. The quantitative estimate of drug-likeness (QED) is 0.670. The number of hydrogen-bond acceptors (Lipinski definition) is 3. The van der Waals surface area contributed by atoms with Crippen LogP contribution >= 0.6 is 0 Å². The van der Waals surface area contributed by atoms with Crippen molar-refractivity contribution < 1.29 is 4.79 Å². The topological polar surface area (TPSA) is 73.1 Å². The Morgan fingerprint density at radius 2 is 1.74 bits per heavy atom. The number of carbonyl (C=O) groups is 1. The molecule has 1 aliphatic rings. The Balaban J connectivity index is 1.47. The minimum atomic E-state index is -0.493. The van der Waals surface area contributed by atoms with Gasteiger partial charge >= 0.3 is 5.69 Å². The summed E-state index contributed by atoms with van der Waals surface area (Å²) in [5.74, 6) is -0.359. The highest BCUT2D eigenvalue weighted by atomic mass is 16.2. The van der Waals surface area contributed by atoms with Crippen molar-refractivity contribution in [3.05, 3.63) is 104 Å². The Hall–Kier alpha value is -3.41. The highest BCUT2D eigenvalue weighted by molar-refractivity contribution is 5.76. The van der Waals surface area contributed by atoms with Crippen LogP contribution in [0.3, 0.4) is 0 Å². The standard InChI is InChI=1S/C25H27N3O3/c1-18(21-12-11-20-9-5-6-10-22(20)15-21)26-23(29)17-28-24(30)13-14-27(25(28)31)16-19-7-3-2-4-8-19/h2-4,7-8,11-15,18H,5-6,9-10,16-17H2,1H3,(H,26,29). The Labute approximate surface area is 181 Å². The van der Waals surface area contributed by atoms with E-state index in [0.717, 1.165) is 28.5 Å². The SMILES string of the molecule is CC(NC(=O)Cn1c(=O)ccn(Cc2ccccc2)c1=O)c1ccc2c(c1)CCCC2. The van der Waals surface area contributed by atoms with Crippen molar-refractivity contribution in [3.8, 4) is 0 Å². The van der Waals surface area contributed by atoms with Crippen LogP contribution in [0.5, 0.6) is 0 Å². The van der Waals surface area contributed by atoms with Gasteiger partial charge < -0.3 is 5.32 Å². The number of rotatable bonds is 6. The molecule has 2 aromatic carbocycles. The van der Waals surface area contributed by atoms with E-state index >= 15 is 0 Å². The van der Waals surface area contributed by atoms with E-state index in [2.05, 4.69) is 23.5 Å². The lowest BCUT2D eigenvalue weighted by Gasteiger charge is -2.20. The lowest BCUT2D eigenvalue weighted by molar-refractivity contribution is -0.122. The first-order chi connectivity index (χ1) is 15.0. The molecule has 0 bridgehead atoms. The molecule has 6 nitrogen and oxygen atoms in total. The lowest BCUT2D eigenvalue weighted by Crippen LogP contribution is -2.43. The average molecular weight is 418 g/mol. The Morgan fingerprint density at radius 3 is 2.52 bits per heavy atom. The molecular weight excluding hydrogens is 390 g/mol. The van der Waals surface area contributed by atoms with E-state index in [9.17, 15) is 14.4 Å². The summed E-state index contributed by atoms with van der Waals surface area (Å²) in [6, 6.07) is 17.0. The van der Waals surface area contributed by atoms with Crippen molar-refractivity contribution >= 4 is 5.91 Å². The molecule has 1 atom stereocenters. The minimum absolute atomic E-state index is 0.203. The van der Waals surface area contributed by atoms with Crippen LogP contribution in [0.4, 0.5) is 0 Å². The first-order valence-corrected chi connectivity index (χ1v) is 10.8. The number of aromatic nitrogens is 2. The molecule has 0 radical (unpaired) electrons. The zero-order valence-electron chi connectivity index (χ0n) is 17.7. The van der Waals surface area contributed by atoms with Gasteiger partial charge in [0.2, 0.25) is 5.91 Å². The van der Waals surface area contributed by atoms with Crippen molar-refractivity contribution in [1.29, 1.82) is 0 Å². The molecule has 0 fully saturated rings. The van der Waals surface area contributed by atoms with Crippen LogP contribution in [0.25, 0.3) is 0 Å². The third kappa shape index (κ3) is 4.85. The summed E-state index contributed by atoms with van der Waals surface area (Å²) < 4.78 is 2.43. The second-order valence-corrected chi connectivity index (χ2v) is 8.16. The predicted molar refractivity (Wildman–Crippen MR) is 120 cm³/mol. The fourth-order valence-electron chi connectivity index (χ4n) is 4.14. The van der Waals surface area contributed by atoms with E-state index in [1.54, 1.807) is 0 Å². The van der Waals surface area contributed by atoms with E-state index in [0.29, 0.717) is 6.54 Å². The summed E-state index contributed by atoms with van der Waals surface area (Å²) in [6.45, 7) is 1.96. The summed E-state index contributed by atoms with van der Waals surface area (Å²) >= 11 is 0. The molecule has 1 amide bonds. The van der Waals surface area contributed by atoms with Gasteiger partial charge in [-0.05, 0) is 54.9 Å². The van der Waals surface area contributed by atoms with Gasteiger partial charge in [0.15, 0.2) is 0 Å². The first-order valence-electron chi connectivity index (χ1n) is 10.8. The second-order valence-electron chi connectivity index (χ2n) is 8.16. The van der Waals surface area contributed by atoms with Gasteiger partial charge in [-0.25, -0.2) is 4.79 Å². The van der Waals surface area contributed by atoms with Crippen LogP contribution < -0.4 is 16.6 Å². The van der Waals surface area contributed by atoms with Crippen molar-refractivity contribution in [2.75, 3.05) is 0 Å². The molecule has 1 aliphatic carbocycles. The van der Waals surface area contributed by atoms with Crippen molar-refractivity contribution in [2.24, 2.45) is 0 Å². The Bertz CT molecular complexity index is 1190. The molecule has 0 spiro atoms. The summed E-state index contributed by atoms with van der Waals surface area (Å²) in [5.41, 5.74) is 3.76. The number of carbonyl (C=O) groups excluding carboxylic acids is 1. The molecule has 3 aromatic rings. The minimum Gasteiger partial charge on any atom is -0.348 e. The molecule has 1 heterocycles. The molecule has 6 heteroatoms. The van der Waals surface area contributed by atoms with Gasteiger partial charge in [0.25, 0.3) is 5.56 Å². The molecular formula is C25H27N3O3. The first kappa shape index (κ1) is 20.8. The van der Waals surface area contributed by atoms with Gasteiger partial charge in [0.1, 0.15) is 6.54 Å². The lowest BCUT2D eigenvalue weighted by atomic mass is 9.89. The maximum atomic E-state index is 12.8. The van der Waals surface area contributed by atoms with E-state index in [4.69, 9.17) is 0 Å². The van der Waals surface area contributed by atoms with Gasteiger partial charge in [-0.15, -0.1) is 0 Å². The summed E-state index contributed by atoms with van der Waals surface area (Å²) in [6.07, 6.45) is 6.09. The largest absolute Gasteiger partial charge is 0.348 e. The van der Waals surface area contributed by atoms with Gasteiger partial charge in [-0.3, -0.25) is 18.7 Å². The zero-order chi connectivity index (χ0) is 21.8. The molecule has 1 unspecified atom stereocenters. The van der Waals surface area contributed by atoms with Crippen LogP contribution in [0.1, 0.15) is 48.1 Å². The smallest absolute Gasteiger partial charge is 0.331 e. The van der Waals surface area contributed by atoms with Crippen LogP contribution in [0.15, 0.2) is 70.4 Å². The fraction of sp³-hybridized carbons (Fsp3) is 0.320. The highest BCUT2D eigenvalue weighted by Crippen LogP contribution is 2.24. The zero-order valence-corrected chi connectivity index (χ0v) is 17.7. The molecule has 0 aliphatic heterocycles. The van der Waals surface area contributed by atoms with Crippen LogP contribution in [-0.2, 0) is 30.7 Å². The van der Waals surface area contributed by atoms with Crippen molar-refractivity contribution in [1.82, 2.24) is 14.5 Å². The molecule has 160 valence electrons. The molecule has 0 saturated carbocycles. The molecule has 31 heavy (non-hydrogen) atoms. The van der Waals surface area contributed by atoms with E-state index < -0.39 is 11.2 Å². The third-order valence-electron chi connectivity index (χ3n) is 5.89. The number of nitrogens with one attached hydrogen (secondary N) is 1. The van der Waals surface area contributed by atoms with Crippen molar-refractivity contribution in [2.45, 2.75) is 51.7 Å². The number of fused-ring (bicyclic) bond motifs is 1. The van der Waals surface area contributed by atoms with E-state index in [1.165, 1.54) is 40.8 Å². The number of hydrogen-bond donors (Lipinski definition) is 1. The van der Waals surface area contributed by atoms with E-state index in [-0.39, 0.29) is 18.5 Å². The Kier molecular flexibility index (Phi) is 6.16. The van der Waals surface area contributed by atoms with E-state index in [1.807, 2.05) is 37.3 Å². The normalized spacial score (nSPS) is 14.0. The number of aryl methyl sites for hydroxylation is 2. The predicted octanol–water partition coefficient (Wildman–Crippen LogP) is 2.81. The number of benzene rings is 2. The molecule has 1 aromatic heterocycles. The van der Waals surface area contributed by atoms with Gasteiger partial charge in [0.05, 0.1) is 12.6 Å². The third-order valence-corrected chi connectivity index (χ3v) is 5.89. The van der Waals surface area contributed by atoms with Crippen LogP contribution in [0, 0.1) is 0 Å². The molecule has 4 rings (SSSR count). The second kappa shape index (κ2) is 9.16. The van der Waals surface area contributed by atoms with Gasteiger partial charge in [-0.1, -0.05) is 48.5 Å². The number of amides is 1. The highest BCUT2D eigenvalue weighted by Gasteiger charge is 2.16. The van der Waals surface area contributed by atoms with Gasteiger partial charge in [0, 0.05) is 12.3 Å². The van der Waals surface area contributed by atoms with Gasteiger partial charge in [-0.2, -0.15) is 0 Å². The maximum absolute atomic E-state index is 12.8. The summed E-state index contributed by atoms with van der Waals surface area (Å²) in [5, 5.41) is 2.93. The summed E-state index contributed by atoms with van der Waals surface area (Å²) in [7, 11) is 0.